The van der Waals surface area contributed by atoms with E-state index in [1.807, 2.05) is 0 Å². The lowest BCUT2D eigenvalue weighted by atomic mass is 10.2. The second-order valence-electron chi connectivity index (χ2n) is 3.75. The van der Waals surface area contributed by atoms with Crippen molar-refractivity contribution >= 4 is 22.0 Å². The molecule has 1 unspecified atom stereocenters. The summed E-state index contributed by atoms with van der Waals surface area (Å²) in [7, 11) is -2.51. The predicted molar refractivity (Wildman–Crippen MR) is 57.8 cm³/mol. The van der Waals surface area contributed by atoms with E-state index < -0.39 is 40.2 Å². The maximum absolute atomic E-state index is 11.8. The van der Waals surface area contributed by atoms with E-state index in [1.54, 1.807) is 0 Å². The summed E-state index contributed by atoms with van der Waals surface area (Å²) < 4.78 is 29.2. The molecule has 0 aromatic heterocycles. The lowest BCUT2D eigenvalue weighted by Gasteiger charge is -2.21. The lowest BCUT2D eigenvalue weighted by molar-refractivity contribution is -0.144. The molecule has 0 bridgehead atoms. The molecule has 98 valence electrons. The van der Waals surface area contributed by atoms with E-state index in [0.29, 0.717) is 12.8 Å². The third-order valence-electron chi connectivity index (χ3n) is 2.61. The number of methoxy groups -OCH3 is 1. The first kappa shape index (κ1) is 13.9. The second kappa shape index (κ2) is 5.46. The molecule has 1 fully saturated rings. The van der Waals surface area contributed by atoms with E-state index in [9.17, 15) is 18.0 Å². The molecule has 0 aromatic carbocycles. The fraction of sp³-hybridized carbons (Fsp3) is 0.778. The number of carbonyl (C=O) groups is 2. The van der Waals surface area contributed by atoms with Crippen molar-refractivity contribution in [2.75, 3.05) is 19.4 Å². The maximum atomic E-state index is 11.8. The van der Waals surface area contributed by atoms with Gasteiger partial charge in [0.05, 0.1) is 19.3 Å². The van der Waals surface area contributed by atoms with Gasteiger partial charge in [0.2, 0.25) is 10.0 Å². The van der Waals surface area contributed by atoms with Crippen LogP contribution in [0.25, 0.3) is 0 Å². The number of nitrogens with zero attached hydrogens (tertiary/aromatic N) is 1. The normalized spacial score (nSPS) is 21.4. The van der Waals surface area contributed by atoms with Crippen molar-refractivity contribution in [2.24, 2.45) is 0 Å². The molecule has 17 heavy (non-hydrogen) atoms. The van der Waals surface area contributed by atoms with E-state index >= 15 is 0 Å². The first-order chi connectivity index (χ1) is 7.88. The van der Waals surface area contributed by atoms with Gasteiger partial charge in [-0.2, -0.15) is 4.31 Å². The minimum Gasteiger partial charge on any atom is -0.481 e. The Hall–Kier alpha value is -1.15. The van der Waals surface area contributed by atoms with Crippen molar-refractivity contribution in [3.63, 3.8) is 0 Å². The van der Waals surface area contributed by atoms with Gasteiger partial charge in [0, 0.05) is 6.54 Å². The van der Waals surface area contributed by atoms with Gasteiger partial charge in [-0.1, -0.05) is 0 Å². The summed E-state index contributed by atoms with van der Waals surface area (Å²) in [6.45, 7) is 0.238. The highest BCUT2D eigenvalue weighted by molar-refractivity contribution is 7.89. The summed E-state index contributed by atoms with van der Waals surface area (Å²) in [4.78, 5) is 21.7. The van der Waals surface area contributed by atoms with E-state index in [-0.39, 0.29) is 6.54 Å². The Morgan fingerprint density at radius 2 is 2.12 bits per heavy atom. The summed E-state index contributed by atoms with van der Waals surface area (Å²) in [6, 6.07) is -0.807. The molecule has 0 aliphatic carbocycles. The SMILES string of the molecule is COC(=O)C1CCCN1S(=O)(=O)CCC(=O)O. The molecule has 1 rings (SSSR count). The minimum absolute atomic E-state index is 0.238. The molecule has 0 radical (unpaired) electrons. The topological polar surface area (TPSA) is 101 Å². The largest absolute Gasteiger partial charge is 0.481 e. The Labute approximate surface area is 99.4 Å². The van der Waals surface area contributed by atoms with Crippen LogP contribution in [0.4, 0.5) is 0 Å². The van der Waals surface area contributed by atoms with Gasteiger partial charge in [-0.3, -0.25) is 9.59 Å². The van der Waals surface area contributed by atoms with Crippen molar-refractivity contribution < 1.29 is 27.9 Å². The molecule has 8 heteroatoms. The van der Waals surface area contributed by atoms with Gasteiger partial charge in [0.25, 0.3) is 0 Å². The molecule has 1 saturated heterocycles. The van der Waals surface area contributed by atoms with Crippen LogP contribution in [0.2, 0.25) is 0 Å². The average Bonchev–Trinajstić information content (AvgIpc) is 2.75. The summed E-state index contributed by atoms with van der Waals surface area (Å²) in [6.07, 6.45) is 0.526. The van der Waals surface area contributed by atoms with Gasteiger partial charge in [-0.25, -0.2) is 8.42 Å². The molecule has 0 saturated carbocycles. The maximum Gasteiger partial charge on any atom is 0.324 e. The van der Waals surface area contributed by atoms with Gasteiger partial charge >= 0.3 is 11.9 Å². The van der Waals surface area contributed by atoms with E-state index in [4.69, 9.17) is 5.11 Å². The van der Waals surface area contributed by atoms with Crippen LogP contribution in [0.15, 0.2) is 0 Å². The first-order valence-electron chi connectivity index (χ1n) is 5.17. The smallest absolute Gasteiger partial charge is 0.324 e. The van der Waals surface area contributed by atoms with Gasteiger partial charge in [-0.15, -0.1) is 0 Å². The zero-order valence-corrected chi connectivity index (χ0v) is 10.3. The van der Waals surface area contributed by atoms with Crippen LogP contribution in [0.5, 0.6) is 0 Å². The molecule has 1 atom stereocenters. The Kier molecular flexibility index (Phi) is 4.47. The second-order valence-corrected chi connectivity index (χ2v) is 5.79. The fourth-order valence-electron chi connectivity index (χ4n) is 1.78. The molecule has 1 aliphatic rings. The van der Waals surface area contributed by atoms with Crippen molar-refractivity contribution in [1.29, 1.82) is 0 Å². The molecular weight excluding hydrogens is 250 g/mol. The number of carbonyl (C=O) groups excluding carboxylic acids is 1. The Bertz CT molecular complexity index is 404. The third-order valence-corrected chi connectivity index (χ3v) is 4.48. The highest BCUT2D eigenvalue weighted by atomic mass is 32.2. The number of carboxylic acid groups (broad SMARTS) is 1. The van der Waals surface area contributed by atoms with Gasteiger partial charge < -0.3 is 9.84 Å². The summed E-state index contributed by atoms with van der Waals surface area (Å²) in [5.41, 5.74) is 0. The Morgan fingerprint density at radius 3 is 2.65 bits per heavy atom. The Balaban J connectivity index is 2.76. The summed E-state index contributed by atoms with van der Waals surface area (Å²) in [5.74, 6) is -2.26. The van der Waals surface area contributed by atoms with Crippen molar-refractivity contribution in [3.8, 4) is 0 Å². The van der Waals surface area contributed by atoms with E-state index in [0.717, 1.165) is 4.31 Å². The van der Waals surface area contributed by atoms with Crippen LogP contribution in [0.3, 0.4) is 0 Å². The molecule has 0 spiro atoms. The molecular formula is C9H15NO6S. The number of hydrogen-bond acceptors (Lipinski definition) is 5. The van der Waals surface area contributed by atoms with Crippen molar-refractivity contribution in [2.45, 2.75) is 25.3 Å². The summed E-state index contributed by atoms with van der Waals surface area (Å²) >= 11 is 0. The van der Waals surface area contributed by atoms with Crippen LogP contribution in [-0.2, 0) is 24.3 Å². The number of aliphatic carboxylic acids is 1. The zero-order chi connectivity index (χ0) is 13.1. The standard InChI is InChI=1S/C9H15NO6S/c1-16-9(13)7-3-2-5-10(7)17(14,15)6-4-8(11)12/h7H,2-6H2,1H3,(H,11,12). The van der Waals surface area contributed by atoms with E-state index in [1.165, 1.54) is 7.11 Å². The van der Waals surface area contributed by atoms with E-state index in [2.05, 4.69) is 4.74 Å². The monoisotopic (exact) mass is 265 g/mol. The molecule has 0 aromatic rings. The number of carboxylic acids is 1. The van der Waals surface area contributed by atoms with Crippen LogP contribution >= 0.6 is 0 Å². The van der Waals surface area contributed by atoms with Gasteiger partial charge in [0.15, 0.2) is 0 Å². The number of ether oxygens (including phenoxy) is 1. The molecule has 0 amide bonds. The minimum atomic E-state index is -3.71. The average molecular weight is 265 g/mol. The van der Waals surface area contributed by atoms with Crippen LogP contribution in [0, 0.1) is 0 Å². The molecule has 1 heterocycles. The van der Waals surface area contributed by atoms with Crippen molar-refractivity contribution in [1.82, 2.24) is 4.31 Å². The Morgan fingerprint density at radius 1 is 1.47 bits per heavy atom. The number of sulfonamides is 1. The third kappa shape index (κ3) is 3.40. The van der Waals surface area contributed by atoms with Crippen LogP contribution in [0.1, 0.15) is 19.3 Å². The van der Waals surface area contributed by atoms with Crippen LogP contribution in [-0.4, -0.2) is 55.2 Å². The predicted octanol–water partition coefficient (Wildman–Crippen LogP) is -0.572. The molecule has 1 N–H and O–H groups in total. The highest BCUT2D eigenvalue weighted by Gasteiger charge is 2.39. The molecule has 1 aliphatic heterocycles. The first-order valence-corrected chi connectivity index (χ1v) is 6.78. The van der Waals surface area contributed by atoms with Gasteiger partial charge in [0.1, 0.15) is 6.04 Å². The quantitative estimate of drug-likeness (QED) is 0.668. The zero-order valence-electron chi connectivity index (χ0n) is 9.46. The number of rotatable bonds is 5. The van der Waals surface area contributed by atoms with Crippen LogP contribution < -0.4 is 0 Å². The fourth-order valence-corrected chi connectivity index (χ4v) is 3.43. The summed E-state index contributed by atoms with van der Waals surface area (Å²) in [5, 5.41) is 8.47. The highest BCUT2D eigenvalue weighted by Crippen LogP contribution is 2.22. The number of hydrogen-bond donors (Lipinski definition) is 1. The lowest BCUT2D eigenvalue weighted by Crippen LogP contribution is -2.42. The van der Waals surface area contributed by atoms with Gasteiger partial charge in [-0.05, 0) is 12.8 Å². The molecule has 7 nitrogen and oxygen atoms in total. The number of esters is 1. The van der Waals surface area contributed by atoms with Crippen molar-refractivity contribution in [3.05, 3.63) is 0 Å².